The summed E-state index contributed by atoms with van der Waals surface area (Å²) in [6, 6.07) is 12.4. The second-order valence-electron chi connectivity index (χ2n) is 7.98. The Morgan fingerprint density at radius 3 is 2.25 bits per heavy atom. The molecule has 1 amide bonds. The predicted molar refractivity (Wildman–Crippen MR) is 123 cm³/mol. The van der Waals surface area contributed by atoms with Gasteiger partial charge >= 0.3 is 10.2 Å². The van der Waals surface area contributed by atoms with Crippen LogP contribution in [0.1, 0.15) is 38.7 Å². The Labute approximate surface area is 186 Å². The minimum Gasteiger partial charge on any atom is -0.369 e. The summed E-state index contributed by atoms with van der Waals surface area (Å²) in [5.74, 6) is 0.0228. The van der Waals surface area contributed by atoms with Crippen LogP contribution in [0, 0.1) is 0 Å². The zero-order chi connectivity index (χ0) is 23.7. The summed E-state index contributed by atoms with van der Waals surface area (Å²) >= 11 is 0. The van der Waals surface area contributed by atoms with Crippen molar-refractivity contribution in [1.29, 1.82) is 0 Å². The maximum absolute atomic E-state index is 13.0. The van der Waals surface area contributed by atoms with Crippen LogP contribution < -0.4 is 21.7 Å². The highest BCUT2D eigenvalue weighted by atomic mass is 32.3. The maximum atomic E-state index is 13.0. The number of nitrogens with zero attached hydrogens (tertiary/aromatic N) is 3. The second kappa shape index (κ2) is 8.58. The second-order valence-corrected chi connectivity index (χ2v) is 9.32. The van der Waals surface area contributed by atoms with Crippen LogP contribution in [0.4, 0.5) is 15.3 Å². The lowest BCUT2D eigenvalue weighted by molar-refractivity contribution is -0.116. The van der Waals surface area contributed by atoms with Crippen LogP contribution in [-0.4, -0.2) is 31.9 Å². The number of benzene rings is 2. The van der Waals surface area contributed by atoms with Gasteiger partial charge in [-0.1, -0.05) is 19.1 Å². The van der Waals surface area contributed by atoms with E-state index in [1.54, 1.807) is 4.90 Å². The molecule has 3 rings (SSSR count). The number of rotatable bonds is 6. The van der Waals surface area contributed by atoms with E-state index < -0.39 is 20.8 Å². The summed E-state index contributed by atoms with van der Waals surface area (Å²) in [6.07, 6.45) is 0.197. The number of carbonyl (C=O) groups is 1. The van der Waals surface area contributed by atoms with Gasteiger partial charge in [0.2, 0.25) is 17.8 Å². The highest BCUT2D eigenvalue weighted by Crippen LogP contribution is 2.29. The summed E-state index contributed by atoms with van der Waals surface area (Å²) in [7, 11) is -4.77. The molecular weight excluding hydrogens is 435 g/mol. The first-order valence-electron chi connectivity index (χ1n) is 9.81. The van der Waals surface area contributed by atoms with E-state index in [0.717, 1.165) is 23.4 Å². The molecule has 170 valence electrons. The number of hydrogen-bond acceptors (Lipinski definition) is 8. The van der Waals surface area contributed by atoms with Crippen molar-refractivity contribution in [3.63, 3.8) is 0 Å². The Balaban J connectivity index is 1.65. The lowest BCUT2D eigenvalue weighted by Gasteiger charge is -2.38. The Hall–Kier alpha value is -3.47. The third kappa shape index (κ3) is 5.22. The van der Waals surface area contributed by atoms with Crippen molar-refractivity contribution in [3.8, 4) is 0 Å². The molecule has 0 aliphatic carbocycles. The van der Waals surface area contributed by atoms with Crippen molar-refractivity contribution in [2.45, 2.75) is 43.7 Å². The molecule has 0 aromatic heterocycles. The molecule has 0 fully saturated rings. The van der Waals surface area contributed by atoms with Gasteiger partial charge in [0.15, 0.2) is 0 Å². The van der Waals surface area contributed by atoms with E-state index in [2.05, 4.69) is 15.3 Å². The highest BCUT2D eigenvalue weighted by Gasteiger charge is 2.32. The fourth-order valence-corrected chi connectivity index (χ4v) is 3.97. The number of nitrogens with one attached hydrogen (secondary N) is 1. The van der Waals surface area contributed by atoms with Crippen LogP contribution in [0.15, 0.2) is 63.4 Å². The number of anilines is 2. The first-order chi connectivity index (χ1) is 14.9. The minimum atomic E-state index is -4.77. The average Bonchev–Trinajstić information content (AvgIpc) is 2.66. The topological polar surface area (TPSA) is 143 Å². The van der Waals surface area contributed by atoms with Gasteiger partial charge in [-0.2, -0.15) is 13.4 Å². The molecule has 0 saturated heterocycles. The van der Waals surface area contributed by atoms with Gasteiger partial charge < -0.3 is 16.8 Å². The molecule has 11 heteroatoms. The normalized spacial score (nSPS) is 16.7. The van der Waals surface area contributed by atoms with Crippen molar-refractivity contribution >= 4 is 39.4 Å². The molecule has 1 aliphatic heterocycles. The van der Waals surface area contributed by atoms with Crippen LogP contribution in [0.2, 0.25) is 0 Å². The first kappa shape index (κ1) is 23.2. The van der Waals surface area contributed by atoms with Gasteiger partial charge in [-0.25, -0.2) is 4.99 Å². The molecule has 2 aromatic rings. The van der Waals surface area contributed by atoms with Gasteiger partial charge in [0.1, 0.15) is 5.66 Å². The molecule has 0 saturated carbocycles. The molecule has 5 N–H and O–H groups in total. The third-order valence-corrected chi connectivity index (χ3v) is 5.86. The van der Waals surface area contributed by atoms with Crippen molar-refractivity contribution in [2.75, 3.05) is 10.2 Å². The Morgan fingerprint density at radius 1 is 1.12 bits per heavy atom. The standard InChI is InChI=1S/C21H25FN6O3S/c1-13(12-18(29)25-15-6-10-17(11-7-15)32(22,30)31)14-4-8-16(9-5-14)28-20(24)26-19(23)27-21(28,2)3/h4-11,13H,12H2,1-3H3,(H,25,29)(H4,23,24,26,27). The summed E-state index contributed by atoms with van der Waals surface area (Å²) in [4.78, 5) is 22.0. The fraction of sp³-hybridized carbons (Fsp3) is 0.286. The van der Waals surface area contributed by atoms with Gasteiger partial charge in [-0.15, -0.1) is 3.89 Å². The van der Waals surface area contributed by atoms with Crippen LogP contribution in [0.3, 0.4) is 0 Å². The van der Waals surface area contributed by atoms with Crippen molar-refractivity contribution in [3.05, 3.63) is 54.1 Å². The van der Waals surface area contributed by atoms with Gasteiger partial charge in [-0.3, -0.25) is 9.69 Å². The molecule has 1 unspecified atom stereocenters. The number of aliphatic imine (C=N–C) groups is 2. The van der Waals surface area contributed by atoms with E-state index in [1.165, 1.54) is 12.1 Å². The number of halogens is 1. The first-order valence-corrected chi connectivity index (χ1v) is 11.2. The SMILES string of the molecule is CC(CC(=O)Nc1ccc(S(=O)(=O)F)cc1)c1ccc(N2C(N)=NC(N)=NC2(C)C)cc1. The zero-order valence-corrected chi connectivity index (χ0v) is 18.7. The van der Waals surface area contributed by atoms with Crippen LogP contribution in [0.5, 0.6) is 0 Å². The smallest absolute Gasteiger partial charge is 0.332 e. The summed E-state index contributed by atoms with van der Waals surface area (Å²) in [5, 5.41) is 2.68. The fourth-order valence-electron chi connectivity index (χ4n) is 3.51. The number of carbonyl (C=O) groups excluding carboxylic acids is 1. The van der Waals surface area contributed by atoms with Crippen LogP contribution in [-0.2, 0) is 15.0 Å². The molecule has 1 aliphatic rings. The largest absolute Gasteiger partial charge is 0.369 e. The molecule has 0 bridgehead atoms. The molecule has 1 atom stereocenters. The number of nitrogens with two attached hydrogens (primary N) is 2. The Kier molecular flexibility index (Phi) is 6.22. The van der Waals surface area contributed by atoms with Gasteiger partial charge in [0.05, 0.1) is 4.90 Å². The van der Waals surface area contributed by atoms with E-state index >= 15 is 0 Å². The quantitative estimate of drug-likeness (QED) is 0.566. The number of amides is 1. The highest BCUT2D eigenvalue weighted by molar-refractivity contribution is 7.86. The molecule has 32 heavy (non-hydrogen) atoms. The molecule has 2 aromatic carbocycles. The molecule has 1 heterocycles. The van der Waals surface area contributed by atoms with E-state index in [0.29, 0.717) is 5.69 Å². The summed E-state index contributed by atoms with van der Waals surface area (Å²) in [6.45, 7) is 5.66. The van der Waals surface area contributed by atoms with Crippen molar-refractivity contribution in [2.24, 2.45) is 21.5 Å². The molecule has 0 spiro atoms. The molecular formula is C21H25FN6O3S. The monoisotopic (exact) mass is 460 g/mol. The van der Waals surface area contributed by atoms with E-state index in [-0.39, 0.29) is 30.2 Å². The van der Waals surface area contributed by atoms with Gasteiger partial charge in [0, 0.05) is 17.8 Å². The van der Waals surface area contributed by atoms with Crippen LogP contribution >= 0.6 is 0 Å². The van der Waals surface area contributed by atoms with Gasteiger partial charge in [-0.05, 0) is 61.7 Å². The van der Waals surface area contributed by atoms with Crippen molar-refractivity contribution < 1.29 is 17.1 Å². The maximum Gasteiger partial charge on any atom is 0.332 e. The lowest BCUT2D eigenvalue weighted by atomic mass is 9.96. The van der Waals surface area contributed by atoms with Gasteiger partial charge in [0.25, 0.3) is 0 Å². The van der Waals surface area contributed by atoms with Crippen LogP contribution in [0.25, 0.3) is 0 Å². The third-order valence-electron chi connectivity index (χ3n) is 5.03. The Bertz CT molecular complexity index is 1180. The number of guanidine groups is 2. The number of hydrogen-bond donors (Lipinski definition) is 3. The molecule has 0 radical (unpaired) electrons. The minimum absolute atomic E-state index is 0.0939. The zero-order valence-electron chi connectivity index (χ0n) is 17.9. The summed E-state index contributed by atoms with van der Waals surface area (Å²) in [5.41, 5.74) is 13.2. The van der Waals surface area contributed by atoms with E-state index in [9.17, 15) is 17.1 Å². The van der Waals surface area contributed by atoms with E-state index in [4.69, 9.17) is 11.5 Å². The van der Waals surface area contributed by atoms with Crippen molar-refractivity contribution in [1.82, 2.24) is 0 Å². The lowest BCUT2D eigenvalue weighted by Crippen LogP contribution is -2.54. The van der Waals surface area contributed by atoms with E-state index in [1.807, 2.05) is 45.0 Å². The average molecular weight is 461 g/mol. The summed E-state index contributed by atoms with van der Waals surface area (Å²) < 4.78 is 34.7. The molecule has 9 nitrogen and oxygen atoms in total. The Morgan fingerprint density at radius 2 is 1.72 bits per heavy atom. The predicted octanol–water partition coefficient (Wildman–Crippen LogP) is 2.66.